The molecule has 0 bridgehead atoms. The number of sulfonamides is 1. The molecule has 0 unspecified atom stereocenters. The molecule has 1 aromatic carbocycles. The molecule has 31 heavy (non-hydrogen) atoms. The summed E-state index contributed by atoms with van der Waals surface area (Å²) in [7, 11) is -4.28. The number of nitrogens with zero attached hydrogens (tertiary/aromatic N) is 7. The maximum absolute atomic E-state index is 13.2. The molecule has 14 heteroatoms. The van der Waals surface area contributed by atoms with Crippen LogP contribution in [0.2, 0.25) is 0 Å². The molecule has 1 aliphatic rings. The SMILES string of the molecule is CO/N=C(\CN(C1CC1)S(=O)(=O)c1ncn(S(=O)(=O)N(C)C)n1)c1ccc(C#N)cc1. The monoisotopic (exact) mass is 467 g/mol. The average molecular weight is 468 g/mol. The second-order valence-electron chi connectivity index (χ2n) is 6.88. The summed E-state index contributed by atoms with van der Waals surface area (Å²) in [4.78, 5) is 8.62. The van der Waals surface area contributed by atoms with Crippen LogP contribution < -0.4 is 0 Å². The number of benzene rings is 1. The van der Waals surface area contributed by atoms with Gasteiger partial charge in [-0.1, -0.05) is 17.3 Å². The van der Waals surface area contributed by atoms with Crippen molar-refractivity contribution in [3.63, 3.8) is 0 Å². The van der Waals surface area contributed by atoms with Gasteiger partial charge in [0.15, 0.2) is 0 Å². The van der Waals surface area contributed by atoms with Crippen LogP contribution in [0.1, 0.15) is 24.0 Å². The Kier molecular flexibility index (Phi) is 6.41. The highest BCUT2D eigenvalue weighted by Crippen LogP contribution is 2.31. The fraction of sp³-hybridized carbons (Fsp3) is 0.412. The molecule has 0 atom stereocenters. The molecule has 1 aromatic heterocycles. The van der Waals surface area contributed by atoms with Crippen molar-refractivity contribution in [2.24, 2.45) is 5.16 Å². The number of hydrogen-bond acceptors (Lipinski definition) is 9. The summed E-state index contributed by atoms with van der Waals surface area (Å²) in [6.45, 7) is -0.137. The fourth-order valence-corrected chi connectivity index (χ4v) is 4.89. The van der Waals surface area contributed by atoms with Crippen molar-refractivity contribution in [1.29, 1.82) is 5.26 Å². The van der Waals surface area contributed by atoms with Crippen LogP contribution >= 0.6 is 0 Å². The van der Waals surface area contributed by atoms with Crippen LogP contribution in [0.15, 0.2) is 40.9 Å². The van der Waals surface area contributed by atoms with E-state index in [-0.39, 0.29) is 12.6 Å². The van der Waals surface area contributed by atoms with Crippen LogP contribution in [0.25, 0.3) is 0 Å². The van der Waals surface area contributed by atoms with Crippen molar-refractivity contribution >= 4 is 25.9 Å². The van der Waals surface area contributed by atoms with E-state index in [1.54, 1.807) is 24.3 Å². The van der Waals surface area contributed by atoms with E-state index in [1.165, 1.54) is 25.5 Å². The molecular weight excluding hydrogens is 446 g/mol. The van der Waals surface area contributed by atoms with E-state index < -0.39 is 25.4 Å². The molecule has 1 fully saturated rings. The first-order valence-electron chi connectivity index (χ1n) is 9.08. The maximum Gasteiger partial charge on any atom is 0.323 e. The van der Waals surface area contributed by atoms with Gasteiger partial charge in [-0.05, 0) is 25.0 Å². The average Bonchev–Trinajstić information content (AvgIpc) is 3.43. The van der Waals surface area contributed by atoms with E-state index in [0.717, 1.165) is 10.6 Å². The minimum atomic E-state index is -4.22. The summed E-state index contributed by atoms with van der Waals surface area (Å²) < 4.78 is 53.5. The first-order valence-corrected chi connectivity index (χ1v) is 11.9. The van der Waals surface area contributed by atoms with E-state index in [1.807, 2.05) is 6.07 Å². The Bertz CT molecular complexity index is 1220. The minimum Gasteiger partial charge on any atom is -0.399 e. The third kappa shape index (κ3) is 4.74. The molecule has 2 aromatic rings. The summed E-state index contributed by atoms with van der Waals surface area (Å²) in [6.07, 6.45) is 2.13. The predicted octanol–water partition coefficient (Wildman–Crippen LogP) is 0.00808. The van der Waals surface area contributed by atoms with Crippen molar-refractivity contribution in [3.05, 3.63) is 41.7 Å². The van der Waals surface area contributed by atoms with Gasteiger partial charge in [0.05, 0.1) is 18.2 Å². The molecule has 0 saturated heterocycles. The van der Waals surface area contributed by atoms with Gasteiger partial charge in [0.1, 0.15) is 19.1 Å². The summed E-state index contributed by atoms with van der Waals surface area (Å²) in [5, 5.41) is 16.0. The number of nitriles is 1. The van der Waals surface area contributed by atoms with Gasteiger partial charge in [-0.3, -0.25) is 0 Å². The van der Waals surface area contributed by atoms with Crippen LogP contribution in [-0.4, -0.2) is 79.1 Å². The Hall–Kier alpha value is -2.86. The molecule has 166 valence electrons. The second-order valence-corrected chi connectivity index (χ2v) is 10.7. The van der Waals surface area contributed by atoms with Gasteiger partial charge >= 0.3 is 10.2 Å². The third-order valence-electron chi connectivity index (χ3n) is 4.50. The Morgan fingerprint density at radius 3 is 2.42 bits per heavy atom. The Morgan fingerprint density at radius 1 is 1.26 bits per heavy atom. The highest BCUT2D eigenvalue weighted by atomic mass is 32.2. The molecule has 0 amide bonds. The number of oxime groups is 1. The summed E-state index contributed by atoms with van der Waals surface area (Å²) in [6, 6.07) is 8.19. The molecule has 0 spiro atoms. The number of aromatic nitrogens is 3. The van der Waals surface area contributed by atoms with E-state index in [0.29, 0.717) is 33.8 Å². The first-order chi connectivity index (χ1) is 14.6. The Labute approximate surface area is 180 Å². The standard InChI is InChI=1S/C17H21N7O5S2/c1-22(2)31(27,28)24-12-19-17(20-24)30(25,26)23(15-8-9-15)11-16(21-29-3)14-6-4-13(10-18)5-7-14/h4-7,12,15H,8-9,11H2,1-3H3/b21-16+. The zero-order valence-electron chi connectivity index (χ0n) is 17.1. The Morgan fingerprint density at radius 2 is 1.90 bits per heavy atom. The molecule has 1 heterocycles. The van der Waals surface area contributed by atoms with Crippen molar-refractivity contribution in [3.8, 4) is 6.07 Å². The van der Waals surface area contributed by atoms with Crippen molar-refractivity contribution in [2.45, 2.75) is 24.0 Å². The van der Waals surface area contributed by atoms with E-state index in [4.69, 9.17) is 10.1 Å². The smallest absolute Gasteiger partial charge is 0.323 e. The lowest BCUT2D eigenvalue weighted by Gasteiger charge is -2.20. The van der Waals surface area contributed by atoms with Crippen LogP contribution in [0.5, 0.6) is 0 Å². The molecular formula is C17H21N7O5S2. The zero-order valence-corrected chi connectivity index (χ0v) is 18.7. The Balaban J connectivity index is 1.95. The molecule has 1 aliphatic carbocycles. The lowest BCUT2D eigenvalue weighted by atomic mass is 10.1. The highest BCUT2D eigenvalue weighted by Gasteiger charge is 2.41. The van der Waals surface area contributed by atoms with E-state index in [9.17, 15) is 16.8 Å². The molecule has 0 aliphatic heterocycles. The molecule has 1 saturated carbocycles. The third-order valence-corrected chi connectivity index (χ3v) is 7.76. The van der Waals surface area contributed by atoms with Gasteiger partial charge in [0.2, 0.25) is 0 Å². The van der Waals surface area contributed by atoms with Gasteiger partial charge in [-0.25, -0.2) is 13.4 Å². The summed E-state index contributed by atoms with van der Waals surface area (Å²) in [5.41, 5.74) is 1.35. The van der Waals surface area contributed by atoms with Crippen LogP contribution in [0, 0.1) is 11.3 Å². The van der Waals surface area contributed by atoms with Crippen LogP contribution in [0.3, 0.4) is 0 Å². The normalized spacial score (nSPS) is 15.3. The van der Waals surface area contributed by atoms with Crippen LogP contribution in [0.4, 0.5) is 0 Å². The molecule has 3 rings (SSSR count). The van der Waals surface area contributed by atoms with E-state index in [2.05, 4.69) is 15.2 Å². The lowest BCUT2D eigenvalue weighted by molar-refractivity contribution is 0.212. The lowest BCUT2D eigenvalue weighted by Crippen LogP contribution is -2.38. The van der Waals surface area contributed by atoms with Crippen molar-refractivity contribution < 1.29 is 21.7 Å². The quantitative estimate of drug-likeness (QED) is 0.369. The summed E-state index contributed by atoms with van der Waals surface area (Å²) >= 11 is 0. The second kappa shape index (κ2) is 8.71. The summed E-state index contributed by atoms with van der Waals surface area (Å²) in [5.74, 6) is 0. The number of rotatable bonds is 9. The number of hydrogen-bond donors (Lipinski definition) is 0. The van der Waals surface area contributed by atoms with Crippen molar-refractivity contribution in [2.75, 3.05) is 27.7 Å². The van der Waals surface area contributed by atoms with Gasteiger partial charge in [-0.15, -0.1) is 9.19 Å². The van der Waals surface area contributed by atoms with Gasteiger partial charge in [0.25, 0.3) is 15.2 Å². The fourth-order valence-electron chi connectivity index (χ4n) is 2.68. The zero-order chi connectivity index (χ0) is 22.8. The molecule has 0 radical (unpaired) electrons. The molecule has 12 nitrogen and oxygen atoms in total. The highest BCUT2D eigenvalue weighted by molar-refractivity contribution is 7.89. The minimum absolute atomic E-state index is 0.137. The first kappa shape index (κ1) is 22.8. The van der Waals surface area contributed by atoms with Gasteiger partial charge in [-0.2, -0.15) is 22.3 Å². The van der Waals surface area contributed by atoms with Crippen molar-refractivity contribution in [1.82, 2.24) is 22.8 Å². The molecule has 0 N–H and O–H groups in total. The van der Waals surface area contributed by atoms with E-state index >= 15 is 0 Å². The van der Waals surface area contributed by atoms with Crippen LogP contribution in [-0.2, 0) is 25.1 Å². The topological polar surface area (TPSA) is 151 Å². The largest absolute Gasteiger partial charge is 0.399 e. The van der Waals surface area contributed by atoms with Gasteiger partial charge < -0.3 is 4.84 Å². The van der Waals surface area contributed by atoms with Gasteiger partial charge in [0, 0.05) is 25.7 Å². The predicted molar refractivity (Wildman–Crippen MR) is 110 cm³/mol. The maximum atomic E-state index is 13.2.